The van der Waals surface area contributed by atoms with E-state index in [1.807, 2.05) is 0 Å². The summed E-state index contributed by atoms with van der Waals surface area (Å²) in [4.78, 5) is 22.9. The van der Waals surface area contributed by atoms with Gasteiger partial charge < -0.3 is 0 Å². The summed E-state index contributed by atoms with van der Waals surface area (Å²) < 4.78 is 1.17. The number of nitrogens with one attached hydrogen (secondary N) is 2. The Balaban J connectivity index is 3.52. The first kappa shape index (κ1) is 5.74. The van der Waals surface area contributed by atoms with Crippen LogP contribution >= 0.6 is 0 Å². The van der Waals surface area contributed by atoms with E-state index in [0.29, 0.717) is 0 Å². The predicted molar refractivity (Wildman–Crippen MR) is 28.9 cm³/mol. The second kappa shape index (κ2) is 1.85. The van der Waals surface area contributed by atoms with Crippen molar-refractivity contribution in [2.45, 2.75) is 0 Å². The third kappa shape index (κ3) is 1.04. The van der Waals surface area contributed by atoms with E-state index < -0.39 is 11.2 Å². The van der Waals surface area contributed by atoms with Gasteiger partial charge in [-0.05, 0) is 0 Å². The van der Waals surface area contributed by atoms with Crippen LogP contribution in [0.4, 0.5) is 0 Å². The molecule has 48 valence electrons. The monoisotopic (exact) mass is 128 g/mol. The average Bonchev–Trinajstić information content (AvgIpc) is 1.80. The number of aryl methyl sites for hydroxylation is 1. The standard InChI is InChI=1S/C4H5N3O2/c1-7-4(9)6-3(8)2-5-7/h2H,1H3,(H,6,8,9)/p+1. The number of rotatable bonds is 0. The Kier molecular flexibility index (Phi) is 1.18. The lowest BCUT2D eigenvalue weighted by atomic mass is 10.8. The minimum Gasteiger partial charge on any atom is -0.265 e. The molecule has 0 amide bonds. The normalized spacial score (nSPS) is 9.44. The van der Waals surface area contributed by atoms with Gasteiger partial charge in [-0.25, -0.2) is 4.79 Å². The SMILES string of the molecule is Cn1[nH+]cc(=O)[nH]c1=O. The fourth-order valence-electron chi connectivity index (χ4n) is 0.439. The third-order valence-electron chi connectivity index (χ3n) is 0.924. The van der Waals surface area contributed by atoms with Gasteiger partial charge in [-0.15, -0.1) is 9.78 Å². The van der Waals surface area contributed by atoms with Gasteiger partial charge in [0.25, 0.3) is 6.20 Å². The summed E-state index contributed by atoms with van der Waals surface area (Å²) in [6.45, 7) is 0. The molecule has 9 heavy (non-hydrogen) atoms. The highest BCUT2D eigenvalue weighted by Gasteiger charge is 1.93. The molecular formula is C4H6N3O2+. The van der Waals surface area contributed by atoms with Crippen LogP contribution in [0.2, 0.25) is 0 Å². The van der Waals surface area contributed by atoms with Crippen molar-refractivity contribution in [2.75, 3.05) is 0 Å². The molecule has 1 aromatic heterocycles. The topological polar surface area (TPSA) is 69.0 Å². The molecule has 0 aliphatic rings. The Bertz CT molecular complexity index is 310. The Hall–Kier alpha value is -1.39. The lowest BCUT2D eigenvalue weighted by molar-refractivity contribution is -0.496. The van der Waals surface area contributed by atoms with Gasteiger partial charge in [0.15, 0.2) is 0 Å². The highest BCUT2D eigenvalue weighted by atomic mass is 16.2. The van der Waals surface area contributed by atoms with E-state index in [9.17, 15) is 9.59 Å². The third-order valence-corrected chi connectivity index (χ3v) is 0.924. The molecule has 0 aromatic carbocycles. The second-order valence-electron chi connectivity index (χ2n) is 1.63. The van der Waals surface area contributed by atoms with E-state index >= 15 is 0 Å². The zero-order chi connectivity index (χ0) is 6.85. The minimum absolute atomic E-state index is 0.418. The van der Waals surface area contributed by atoms with Crippen molar-refractivity contribution in [3.05, 3.63) is 27.0 Å². The first-order valence-electron chi connectivity index (χ1n) is 2.38. The zero-order valence-corrected chi connectivity index (χ0v) is 4.84. The van der Waals surface area contributed by atoms with Gasteiger partial charge in [0, 0.05) is 0 Å². The van der Waals surface area contributed by atoms with Crippen LogP contribution in [0.25, 0.3) is 0 Å². The van der Waals surface area contributed by atoms with E-state index in [1.54, 1.807) is 0 Å². The van der Waals surface area contributed by atoms with Crippen LogP contribution < -0.4 is 16.3 Å². The largest absolute Gasteiger partial charge is 0.377 e. The number of nitrogens with zero attached hydrogens (tertiary/aromatic N) is 1. The molecule has 5 nitrogen and oxygen atoms in total. The second-order valence-corrected chi connectivity index (χ2v) is 1.63. The quantitative estimate of drug-likeness (QED) is 0.434. The van der Waals surface area contributed by atoms with Crippen molar-refractivity contribution in [2.24, 2.45) is 7.05 Å². The van der Waals surface area contributed by atoms with E-state index in [4.69, 9.17) is 0 Å². The Morgan fingerprint density at radius 1 is 1.67 bits per heavy atom. The number of hydrogen-bond acceptors (Lipinski definition) is 2. The highest BCUT2D eigenvalue weighted by Crippen LogP contribution is 1.41. The highest BCUT2D eigenvalue weighted by molar-refractivity contribution is 4.60. The molecular weight excluding hydrogens is 122 g/mol. The van der Waals surface area contributed by atoms with E-state index in [2.05, 4.69) is 10.1 Å². The molecule has 0 spiro atoms. The Morgan fingerprint density at radius 3 is 2.78 bits per heavy atom. The predicted octanol–water partition coefficient (Wildman–Crippen LogP) is -2.11. The molecule has 0 fully saturated rings. The van der Waals surface area contributed by atoms with Crippen LogP contribution in [0.5, 0.6) is 0 Å². The molecule has 0 atom stereocenters. The lowest BCUT2D eigenvalue weighted by Gasteiger charge is -1.81. The first-order chi connectivity index (χ1) is 4.20. The molecule has 0 bridgehead atoms. The fourth-order valence-corrected chi connectivity index (χ4v) is 0.439. The summed E-state index contributed by atoms with van der Waals surface area (Å²) in [6.07, 6.45) is 1.17. The molecule has 0 saturated heterocycles. The van der Waals surface area contributed by atoms with Gasteiger partial charge in [0.1, 0.15) is 0 Å². The van der Waals surface area contributed by atoms with Crippen molar-refractivity contribution >= 4 is 0 Å². The number of aromatic nitrogens is 3. The number of hydrogen-bond donors (Lipinski definition) is 1. The van der Waals surface area contributed by atoms with E-state index in [-0.39, 0.29) is 0 Å². The van der Waals surface area contributed by atoms with Gasteiger partial charge in [-0.2, -0.15) is 0 Å². The van der Waals surface area contributed by atoms with Crippen molar-refractivity contribution in [3.63, 3.8) is 0 Å². The summed E-state index contributed by atoms with van der Waals surface area (Å²) in [5, 5.41) is 2.43. The summed E-state index contributed by atoms with van der Waals surface area (Å²) in [6, 6.07) is 0. The molecule has 0 saturated carbocycles. The number of H-pyrrole nitrogens is 2. The molecule has 1 rings (SSSR count). The number of aromatic amines is 2. The van der Waals surface area contributed by atoms with Crippen molar-refractivity contribution < 1.29 is 5.10 Å². The maximum atomic E-state index is 10.5. The maximum absolute atomic E-state index is 10.5. The minimum atomic E-state index is -0.442. The van der Waals surface area contributed by atoms with Gasteiger partial charge in [-0.1, -0.05) is 0 Å². The van der Waals surface area contributed by atoms with Crippen molar-refractivity contribution in [1.29, 1.82) is 0 Å². The zero-order valence-electron chi connectivity index (χ0n) is 4.84. The lowest BCUT2D eigenvalue weighted by Crippen LogP contribution is -2.39. The molecule has 2 N–H and O–H groups in total. The first-order valence-corrected chi connectivity index (χ1v) is 2.38. The maximum Gasteiger partial charge on any atom is 0.377 e. The van der Waals surface area contributed by atoms with Crippen molar-refractivity contribution in [3.8, 4) is 0 Å². The molecule has 1 aromatic rings. The summed E-state index contributed by atoms with van der Waals surface area (Å²) in [5.74, 6) is 0. The van der Waals surface area contributed by atoms with Gasteiger partial charge in [0.05, 0.1) is 7.05 Å². The van der Waals surface area contributed by atoms with Crippen LogP contribution in [-0.2, 0) is 7.05 Å². The van der Waals surface area contributed by atoms with Gasteiger partial charge in [-0.3, -0.25) is 9.78 Å². The average molecular weight is 128 g/mol. The molecule has 5 heteroatoms. The summed E-state index contributed by atoms with van der Waals surface area (Å²) >= 11 is 0. The molecule has 0 radical (unpaired) electrons. The van der Waals surface area contributed by atoms with Gasteiger partial charge in [0.2, 0.25) is 0 Å². The van der Waals surface area contributed by atoms with Crippen molar-refractivity contribution in [1.82, 2.24) is 9.67 Å². The van der Waals surface area contributed by atoms with Gasteiger partial charge >= 0.3 is 11.2 Å². The van der Waals surface area contributed by atoms with E-state index in [0.717, 1.165) is 0 Å². The molecule has 0 unspecified atom stereocenters. The van der Waals surface area contributed by atoms with Crippen LogP contribution in [-0.4, -0.2) is 9.67 Å². The fraction of sp³-hybridized carbons (Fsp3) is 0.250. The van der Waals surface area contributed by atoms with Crippen LogP contribution in [0.15, 0.2) is 15.8 Å². The molecule has 0 aliphatic carbocycles. The Morgan fingerprint density at radius 2 is 2.33 bits per heavy atom. The molecule has 1 heterocycles. The van der Waals surface area contributed by atoms with E-state index in [1.165, 1.54) is 17.9 Å². The smallest absolute Gasteiger partial charge is 0.265 e. The van der Waals surface area contributed by atoms with Crippen LogP contribution in [0.3, 0.4) is 0 Å². The Labute approximate surface area is 50.0 Å². The molecule has 0 aliphatic heterocycles. The van der Waals surface area contributed by atoms with Crippen LogP contribution in [0, 0.1) is 0 Å². The summed E-state index contributed by atoms with van der Waals surface area (Å²) in [7, 11) is 1.51. The van der Waals surface area contributed by atoms with Crippen LogP contribution in [0.1, 0.15) is 0 Å². The summed E-state index contributed by atoms with van der Waals surface area (Å²) in [5.41, 5.74) is -0.861.